The molecule has 0 amide bonds. The Morgan fingerprint density at radius 3 is 2.78 bits per heavy atom. The molecular weight excluding hydrogens is 246 g/mol. The highest BCUT2D eigenvalue weighted by molar-refractivity contribution is 6.30. The molecule has 0 saturated carbocycles. The number of benzene rings is 1. The van der Waals surface area contributed by atoms with Crippen LogP contribution in [0.3, 0.4) is 0 Å². The van der Waals surface area contributed by atoms with Crippen molar-refractivity contribution in [1.82, 2.24) is 5.32 Å². The summed E-state index contributed by atoms with van der Waals surface area (Å²) < 4.78 is 5.41. The second kappa shape index (κ2) is 7.13. The van der Waals surface area contributed by atoms with Gasteiger partial charge in [0, 0.05) is 24.2 Å². The van der Waals surface area contributed by atoms with Crippen molar-refractivity contribution in [2.24, 2.45) is 5.92 Å². The summed E-state index contributed by atoms with van der Waals surface area (Å²) in [6.45, 7) is 5.11. The van der Waals surface area contributed by atoms with Crippen LogP contribution in [0.15, 0.2) is 24.3 Å². The SMILES string of the molecule is CCCC(NCC1CCOC1)c1ccc(Cl)cc1. The first-order valence-corrected chi connectivity index (χ1v) is 7.24. The minimum atomic E-state index is 0.438. The zero-order valence-electron chi connectivity index (χ0n) is 11.0. The van der Waals surface area contributed by atoms with Crippen LogP contribution < -0.4 is 5.32 Å². The maximum atomic E-state index is 5.94. The summed E-state index contributed by atoms with van der Waals surface area (Å²) in [5.74, 6) is 0.677. The smallest absolute Gasteiger partial charge is 0.0507 e. The van der Waals surface area contributed by atoms with Crippen LogP contribution in [0.1, 0.15) is 37.8 Å². The second-order valence-corrected chi connectivity index (χ2v) is 5.47. The number of hydrogen-bond acceptors (Lipinski definition) is 2. The third-order valence-electron chi connectivity index (χ3n) is 3.53. The molecule has 100 valence electrons. The highest BCUT2D eigenvalue weighted by atomic mass is 35.5. The van der Waals surface area contributed by atoms with Crippen LogP contribution >= 0.6 is 11.6 Å². The van der Waals surface area contributed by atoms with Gasteiger partial charge in [0.2, 0.25) is 0 Å². The molecule has 0 aliphatic carbocycles. The lowest BCUT2D eigenvalue weighted by molar-refractivity contribution is 0.184. The average Bonchev–Trinajstić information content (AvgIpc) is 2.89. The largest absolute Gasteiger partial charge is 0.381 e. The average molecular weight is 268 g/mol. The number of rotatable bonds is 6. The Balaban J connectivity index is 1.91. The van der Waals surface area contributed by atoms with Crippen LogP contribution in [0.2, 0.25) is 5.02 Å². The molecule has 1 aromatic carbocycles. The molecule has 2 unspecified atom stereocenters. The predicted molar refractivity (Wildman–Crippen MR) is 76.0 cm³/mol. The van der Waals surface area contributed by atoms with E-state index >= 15 is 0 Å². The lowest BCUT2D eigenvalue weighted by Gasteiger charge is -2.20. The predicted octanol–water partition coefficient (Wildman–Crippen LogP) is 3.81. The van der Waals surface area contributed by atoms with Gasteiger partial charge in [-0.05, 0) is 36.5 Å². The lowest BCUT2D eigenvalue weighted by Crippen LogP contribution is -2.27. The van der Waals surface area contributed by atoms with Gasteiger partial charge < -0.3 is 10.1 Å². The zero-order chi connectivity index (χ0) is 12.8. The molecule has 1 aromatic rings. The van der Waals surface area contributed by atoms with Gasteiger partial charge in [0.1, 0.15) is 0 Å². The van der Waals surface area contributed by atoms with Crippen LogP contribution in [0.4, 0.5) is 0 Å². The number of halogens is 1. The molecule has 2 atom stereocenters. The standard InChI is InChI=1S/C15H22ClNO/c1-2-3-15(13-4-6-14(16)7-5-13)17-10-12-8-9-18-11-12/h4-7,12,15,17H,2-3,8-11H2,1H3. The van der Waals surface area contributed by atoms with Crippen LogP contribution in [0, 0.1) is 5.92 Å². The minimum Gasteiger partial charge on any atom is -0.381 e. The first-order valence-electron chi connectivity index (χ1n) is 6.86. The number of ether oxygens (including phenoxy) is 1. The Morgan fingerprint density at radius 1 is 1.39 bits per heavy atom. The van der Waals surface area contributed by atoms with Crippen molar-refractivity contribution in [1.29, 1.82) is 0 Å². The van der Waals surface area contributed by atoms with E-state index in [1.807, 2.05) is 12.1 Å². The molecule has 1 aliphatic heterocycles. The van der Waals surface area contributed by atoms with E-state index in [0.29, 0.717) is 12.0 Å². The van der Waals surface area contributed by atoms with Gasteiger partial charge in [0.25, 0.3) is 0 Å². The van der Waals surface area contributed by atoms with Crippen molar-refractivity contribution in [3.63, 3.8) is 0 Å². The van der Waals surface area contributed by atoms with E-state index in [-0.39, 0.29) is 0 Å². The minimum absolute atomic E-state index is 0.438. The molecule has 0 bridgehead atoms. The van der Waals surface area contributed by atoms with Gasteiger partial charge in [-0.3, -0.25) is 0 Å². The Morgan fingerprint density at radius 2 is 2.17 bits per heavy atom. The maximum absolute atomic E-state index is 5.94. The van der Waals surface area contributed by atoms with E-state index in [4.69, 9.17) is 16.3 Å². The molecule has 1 heterocycles. The highest BCUT2D eigenvalue weighted by Crippen LogP contribution is 2.21. The van der Waals surface area contributed by atoms with Crippen molar-refractivity contribution >= 4 is 11.6 Å². The van der Waals surface area contributed by atoms with Crippen molar-refractivity contribution in [2.45, 2.75) is 32.2 Å². The van der Waals surface area contributed by atoms with Gasteiger partial charge in [0.05, 0.1) is 6.61 Å². The molecule has 1 saturated heterocycles. The van der Waals surface area contributed by atoms with E-state index < -0.39 is 0 Å². The summed E-state index contributed by atoms with van der Waals surface area (Å²) in [7, 11) is 0. The molecular formula is C15H22ClNO. The third kappa shape index (κ3) is 3.98. The summed E-state index contributed by atoms with van der Waals surface area (Å²) in [4.78, 5) is 0. The molecule has 1 fully saturated rings. The van der Waals surface area contributed by atoms with E-state index in [9.17, 15) is 0 Å². The molecule has 0 spiro atoms. The zero-order valence-corrected chi connectivity index (χ0v) is 11.7. The summed E-state index contributed by atoms with van der Waals surface area (Å²) >= 11 is 5.94. The molecule has 3 heteroatoms. The summed E-state index contributed by atoms with van der Waals surface area (Å²) in [6, 6.07) is 8.63. The van der Waals surface area contributed by atoms with Gasteiger partial charge in [0.15, 0.2) is 0 Å². The summed E-state index contributed by atoms with van der Waals surface area (Å²) in [5.41, 5.74) is 1.33. The molecule has 1 N–H and O–H groups in total. The number of nitrogens with one attached hydrogen (secondary N) is 1. The summed E-state index contributed by atoms with van der Waals surface area (Å²) in [5, 5.41) is 4.48. The van der Waals surface area contributed by atoms with E-state index in [1.54, 1.807) is 0 Å². The van der Waals surface area contributed by atoms with Crippen molar-refractivity contribution in [2.75, 3.05) is 19.8 Å². The van der Waals surface area contributed by atoms with Gasteiger partial charge in [-0.1, -0.05) is 37.1 Å². The van der Waals surface area contributed by atoms with Crippen LogP contribution in [0.5, 0.6) is 0 Å². The van der Waals surface area contributed by atoms with Crippen molar-refractivity contribution < 1.29 is 4.74 Å². The van der Waals surface area contributed by atoms with E-state index in [0.717, 1.165) is 31.2 Å². The Bertz CT molecular complexity index is 346. The molecule has 1 aliphatic rings. The quantitative estimate of drug-likeness (QED) is 0.846. The van der Waals surface area contributed by atoms with Crippen molar-refractivity contribution in [3.8, 4) is 0 Å². The first kappa shape index (κ1) is 13.9. The van der Waals surface area contributed by atoms with Gasteiger partial charge in [-0.2, -0.15) is 0 Å². The van der Waals surface area contributed by atoms with E-state index in [1.165, 1.54) is 18.4 Å². The molecule has 0 aromatic heterocycles. The van der Waals surface area contributed by atoms with Gasteiger partial charge >= 0.3 is 0 Å². The van der Waals surface area contributed by atoms with Crippen LogP contribution in [-0.4, -0.2) is 19.8 Å². The van der Waals surface area contributed by atoms with Crippen LogP contribution in [0.25, 0.3) is 0 Å². The topological polar surface area (TPSA) is 21.3 Å². The van der Waals surface area contributed by atoms with Gasteiger partial charge in [-0.25, -0.2) is 0 Å². The fourth-order valence-electron chi connectivity index (χ4n) is 2.42. The van der Waals surface area contributed by atoms with Crippen LogP contribution in [-0.2, 0) is 4.74 Å². The molecule has 2 rings (SSSR count). The fourth-order valence-corrected chi connectivity index (χ4v) is 2.55. The monoisotopic (exact) mass is 267 g/mol. The Kier molecular flexibility index (Phi) is 5.48. The normalized spacial score (nSPS) is 21.1. The Labute approximate surface area is 115 Å². The Hall–Kier alpha value is -0.570. The van der Waals surface area contributed by atoms with E-state index in [2.05, 4.69) is 24.4 Å². The highest BCUT2D eigenvalue weighted by Gasteiger charge is 2.17. The third-order valence-corrected chi connectivity index (χ3v) is 3.78. The maximum Gasteiger partial charge on any atom is 0.0507 e. The lowest BCUT2D eigenvalue weighted by atomic mass is 10.0. The number of hydrogen-bond donors (Lipinski definition) is 1. The molecule has 0 radical (unpaired) electrons. The second-order valence-electron chi connectivity index (χ2n) is 5.03. The molecule has 18 heavy (non-hydrogen) atoms. The van der Waals surface area contributed by atoms with Gasteiger partial charge in [-0.15, -0.1) is 0 Å². The first-order chi connectivity index (χ1) is 8.79. The molecule has 2 nitrogen and oxygen atoms in total. The summed E-state index contributed by atoms with van der Waals surface area (Å²) in [6.07, 6.45) is 3.53. The van der Waals surface area contributed by atoms with Crippen molar-refractivity contribution in [3.05, 3.63) is 34.9 Å². The fraction of sp³-hybridized carbons (Fsp3) is 0.600.